The SMILES string of the molecule is Cc1cc(C(=O)COC(=O)[C@H](Cc2ccccc2)NC(N)=O)c(C)n1C[C@H]1CCCO1. The number of nitrogens with zero attached hydrogens (tertiary/aromatic N) is 1. The Balaban J connectivity index is 1.62. The van der Waals surface area contributed by atoms with E-state index in [1.165, 1.54) is 0 Å². The number of nitrogens with two attached hydrogens (primary N) is 1. The molecule has 2 heterocycles. The first kappa shape index (κ1) is 22.6. The lowest BCUT2D eigenvalue weighted by atomic mass is 10.1. The van der Waals surface area contributed by atoms with Gasteiger partial charge in [-0.3, -0.25) is 4.79 Å². The van der Waals surface area contributed by atoms with E-state index in [0.29, 0.717) is 12.1 Å². The fourth-order valence-corrected chi connectivity index (χ4v) is 3.89. The first-order chi connectivity index (χ1) is 14.8. The Hall–Kier alpha value is -3.13. The van der Waals surface area contributed by atoms with E-state index in [1.54, 1.807) is 0 Å². The molecule has 1 fully saturated rings. The van der Waals surface area contributed by atoms with Gasteiger partial charge >= 0.3 is 12.0 Å². The summed E-state index contributed by atoms with van der Waals surface area (Å²) in [6.07, 6.45) is 2.43. The monoisotopic (exact) mass is 427 g/mol. The van der Waals surface area contributed by atoms with E-state index < -0.39 is 24.6 Å². The Morgan fingerprint density at radius 1 is 1.26 bits per heavy atom. The van der Waals surface area contributed by atoms with Crippen molar-refractivity contribution in [2.24, 2.45) is 5.73 Å². The number of amides is 2. The molecule has 0 radical (unpaired) electrons. The normalized spacial score (nSPS) is 16.6. The van der Waals surface area contributed by atoms with Gasteiger partial charge in [-0.2, -0.15) is 0 Å². The second-order valence-electron chi connectivity index (χ2n) is 7.81. The molecular formula is C23H29N3O5. The number of rotatable bonds is 9. The number of ketones is 1. The van der Waals surface area contributed by atoms with Crippen LogP contribution in [0.25, 0.3) is 0 Å². The number of esters is 1. The molecule has 3 N–H and O–H groups in total. The maximum atomic E-state index is 12.7. The number of benzene rings is 1. The highest BCUT2D eigenvalue weighted by Crippen LogP contribution is 2.21. The van der Waals surface area contributed by atoms with Crippen LogP contribution in [0, 0.1) is 13.8 Å². The highest BCUT2D eigenvalue weighted by Gasteiger charge is 2.25. The Morgan fingerprint density at radius 3 is 2.65 bits per heavy atom. The summed E-state index contributed by atoms with van der Waals surface area (Å²) >= 11 is 0. The van der Waals surface area contributed by atoms with E-state index >= 15 is 0 Å². The number of aromatic nitrogens is 1. The maximum Gasteiger partial charge on any atom is 0.329 e. The average Bonchev–Trinajstić information content (AvgIpc) is 3.35. The number of carbonyl (C=O) groups excluding carboxylic acids is 3. The van der Waals surface area contributed by atoms with E-state index in [9.17, 15) is 14.4 Å². The average molecular weight is 428 g/mol. The number of ether oxygens (including phenoxy) is 2. The summed E-state index contributed by atoms with van der Waals surface area (Å²) in [6, 6.07) is 9.18. The van der Waals surface area contributed by atoms with E-state index in [0.717, 1.165) is 36.4 Å². The van der Waals surface area contributed by atoms with Gasteiger partial charge in [0.15, 0.2) is 6.61 Å². The van der Waals surface area contributed by atoms with E-state index in [-0.39, 0.29) is 18.3 Å². The first-order valence-electron chi connectivity index (χ1n) is 10.4. The summed E-state index contributed by atoms with van der Waals surface area (Å²) in [5, 5.41) is 2.39. The topological polar surface area (TPSA) is 113 Å². The number of nitrogens with one attached hydrogen (secondary N) is 1. The maximum absolute atomic E-state index is 12.7. The largest absolute Gasteiger partial charge is 0.456 e. The molecule has 1 aromatic heterocycles. The molecule has 8 heteroatoms. The third-order valence-electron chi connectivity index (χ3n) is 5.51. The lowest BCUT2D eigenvalue weighted by molar-refractivity contribution is -0.144. The van der Waals surface area contributed by atoms with Crippen molar-refractivity contribution in [3.8, 4) is 0 Å². The highest BCUT2D eigenvalue weighted by molar-refractivity contribution is 5.99. The molecule has 0 bridgehead atoms. The minimum Gasteiger partial charge on any atom is -0.456 e. The highest BCUT2D eigenvalue weighted by atomic mass is 16.5. The Bertz CT molecular complexity index is 932. The fraction of sp³-hybridized carbons (Fsp3) is 0.435. The number of Topliss-reactive ketones (excluding diaryl/α,β-unsaturated/α-hetero) is 1. The number of hydrogen-bond donors (Lipinski definition) is 2. The summed E-state index contributed by atoms with van der Waals surface area (Å²) in [7, 11) is 0. The van der Waals surface area contributed by atoms with Crippen LogP contribution in [0.5, 0.6) is 0 Å². The third kappa shape index (κ3) is 5.95. The van der Waals surface area contributed by atoms with Crippen molar-refractivity contribution in [3.63, 3.8) is 0 Å². The molecule has 1 aliphatic heterocycles. The number of aryl methyl sites for hydroxylation is 1. The molecule has 1 aliphatic rings. The van der Waals surface area contributed by atoms with E-state index in [4.69, 9.17) is 15.2 Å². The summed E-state index contributed by atoms with van der Waals surface area (Å²) in [6.45, 7) is 4.89. The van der Waals surface area contributed by atoms with Crippen LogP contribution in [0.1, 0.15) is 40.2 Å². The van der Waals surface area contributed by atoms with Crippen LogP contribution >= 0.6 is 0 Å². The Labute approximate surface area is 181 Å². The van der Waals surface area contributed by atoms with Crippen molar-refractivity contribution >= 4 is 17.8 Å². The van der Waals surface area contributed by atoms with Crippen molar-refractivity contribution < 1.29 is 23.9 Å². The van der Waals surface area contributed by atoms with Gasteiger partial charge in [-0.25, -0.2) is 9.59 Å². The van der Waals surface area contributed by atoms with Crippen molar-refractivity contribution in [2.75, 3.05) is 13.2 Å². The minimum absolute atomic E-state index is 0.157. The van der Waals surface area contributed by atoms with Crippen LogP contribution in [0.15, 0.2) is 36.4 Å². The summed E-state index contributed by atoms with van der Waals surface area (Å²) < 4.78 is 13.0. The molecule has 8 nitrogen and oxygen atoms in total. The van der Waals surface area contributed by atoms with E-state index in [1.807, 2.05) is 50.2 Å². The van der Waals surface area contributed by atoms with Gasteiger partial charge in [0.25, 0.3) is 0 Å². The number of carbonyl (C=O) groups is 3. The zero-order valence-electron chi connectivity index (χ0n) is 17.9. The van der Waals surface area contributed by atoms with Crippen molar-refractivity contribution in [1.29, 1.82) is 0 Å². The molecule has 166 valence electrons. The summed E-state index contributed by atoms with van der Waals surface area (Å²) in [5.41, 5.74) is 8.34. The van der Waals surface area contributed by atoms with Crippen LogP contribution in [0.4, 0.5) is 4.79 Å². The van der Waals surface area contributed by atoms with Crippen LogP contribution in [-0.2, 0) is 27.2 Å². The summed E-state index contributed by atoms with van der Waals surface area (Å²) in [5.74, 6) is -0.998. The number of hydrogen-bond acceptors (Lipinski definition) is 5. The van der Waals surface area contributed by atoms with Crippen LogP contribution in [0.3, 0.4) is 0 Å². The standard InChI is InChI=1S/C23H29N3O5/c1-15-11-19(16(2)26(15)13-18-9-6-10-30-18)21(27)14-31-22(28)20(25-23(24)29)12-17-7-4-3-5-8-17/h3-5,7-8,11,18,20H,6,9-10,12-14H2,1-2H3,(H3,24,25,29)/t18-,20+/m1/s1. The molecule has 0 spiro atoms. The van der Waals surface area contributed by atoms with Gasteiger partial charge in [0.2, 0.25) is 5.78 Å². The van der Waals surface area contributed by atoms with Crippen molar-refractivity contribution in [3.05, 3.63) is 58.9 Å². The zero-order valence-corrected chi connectivity index (χ0v) is 17.9. The van der Waals surface area contributed by atoms with Crippen LogP contribution in [-0.4, -0.2) is 47.7 Å². The second kappa shape index (κ2) is 10.3. The Morgan fingerprint density at radius 2 is 2.00 bits per heavy atom. The first-order valence-corrected chi connectivity index (χ1v) is 10.4. The molecule has 2 aromatic rings. The smallest absolute Gasteiger partial charge is 0.329 e. The van der Waals surface area contributed by atoms with Crippen molar-refractivity contribution in [2.45, 2.75) is 51.8 Å². The van der Waals surface area contributed by atoms with Gasteiger partial charge in [-0.1, -0.05) is 30.3 Å². The second-order valence-corrected chi connectivity index (χ2v) is 7.81. The minimum atomic E-state index is -0.973. The van der Waals surface area contributed by atoms with Crippen LogP contribution in [0.2, 0.25) is 0 Å². The van der Waals surface area contributed by atoms with E-state index in [2.05, 4.69) is 9.88 Å². The van der Waals surface area contributed by atoms with Gasteiger partial charge in [0, 0.05) is 36.5 Å². The molecule has 31 heavy (non-hydrogen) atoms. The molecule has 1 aromatic carbocycles. The predicted octanol–water partition coefficient (Wildman–Crippen LogP) is 2.29. The predicted molar refractivity (Wildman–Crippen MR) is 115 cm³/mol. The lowest BCUT2D eigenvalue weighted by Crippen LogP contribution is -2.46. The molecule has 0 unspecified atom stereocenters. The molecule has 2 amide bonds. The van der Waals surface area contributed by atoms with Gasteiger partial charge in [0.1, 0.15) is 6.04 Å². The van der Waals surface area contributed by atoms with Gasteiger partial charge in [0.05, 0.1) is 6.10 Å². The molecule has 3 rings (SSSR count). The zero-order chi connectivity index (χ0) is 22.4. The van der Waals surface area contributed by atoms with Crippen LogP contribution < -0.4 is 11.1 Å². The molecule has 0 aliphatic carbocycles. The quantitative estimate of drug-likeness (QED) is 0.471. The molecule has 0 saturated carbocycles. The van der Waals surface area contributed by atoms with Crippen molar-refractivity contribution in [1.82, 2.24) is 9.88 Å². The summed E-state index contributed by atoms with van der Waals surface area (Å²) in [4.78, 5) is 36.6. The number of primary amides is 1. The van der Waals surface area contributed by atoms with Gasteiger partial charge < -0.3 is 25.1 Å². The third-order valence-corrected chi connectivity index (χ3v) is 5.51. The van der Waals surface area contributed by atoms with Gasteiger partial charge in [-0.05, 0) is 38.3 Å². The van der Waals surface area contributed by atoms with Gasteiger partial charge in [-0.15, -0.1) is 0 Å². The molecule has 2 atom stereocenters. The molecule has 1 saturated heterocycles. The Kier molecular flexibility index (Phi) is 7.46. The fourth-order valence-electron chi connectivity index (χ4n) is 3.89. The molecular weight excluding hydrogens is 398 g/mol. The number of urea groups is 1. The lowest BCUT2D eigenvalue weighted by Gasteiger charge is -2.16.